The van der Waals surface area contributed by atoms with Crippen molar-refractivity contribution < 1.29 is 9.59 Å². The lowest BCUT2D eigenvalue weighted by Crippen LogP contribution is -2.57. The van der Waals surface area contributed by atoms with E-state index >= 15 is 0 Å². The number of likely N-dealkylation sites (tertiary alicyclic amines) is 2. The fraction of sp³-hybridized carbons (Fsp3) is 0.522. The third-order valence-electron chi connectivity index (χ3n) is 5.70. The maximum Gasteiger partial charge on any atom is 0.341 e. The van der Waals surface area contributed by atoms with Gasteiger partial charge >= 0.3 is 6.03 Å². The molecule has 162 valence electrons. The number of aliphatic imine (C=N–C) groups is 1. The average Bonchev–Trinajstić information content (AvgIpc) is 2.65. The van der Waals surface area contributed by atoms with Gasteiger partial charge in [0.25, 0.3) is 0 Å². The van der Waals surface area contributed by atoms with E-state index in [1.165, 1.54) is 0 Å². The van der Waals surface area contributed by atoms with Gasteiger partial charge < -0.3 is 20.9 Å². The zero-order chi connectivity index (χ0) is 21.9. The number of nitrogens with zero attached hydrogens (tertiary/aromatic N) is 3. The van der Waals surface area contributed by atoms with Crippen LogP contribution in [0.3, 0.4) is 0 Å². The van der Waals surface area contributed by atoms with Gasteiger partial charge in [0.05, 0.1) is 5.71 Å². The lowest BCUT2D eigenvalue weighted by Gasteiger charge is -2.38. The van der Waals surface area contributed by atoms with Crippen molar-refractivity contribution in [3.05, 3.63) is 41.5 Å². The van der Waals surface area contributed by atoms with Crippen LogP contribution in [0.15, 0.2) is 40.9 Å². The molecule has 0 saturated carbocycles. The monoisotopic (exact) mass is 411 g/mol. The standard InChI is InChI=1S/C23H33N5O2/c1-23(2,3)20(21(29)28-12-8-13-28)26-22(30)25-18-11-14-27(4)15-17(18)19(24)16-9-6-5-7-10-16/h5-7,9-10,20H,8,11-15,24H2,1-4H3,(H,26,30). The summed E-state index contributed by atoms with van der Waals surface area (Å²) in [6.07, 6.45) is 1.65. The number of amides is 3. The van der Waals surface area contributed by atoms with Crippen LogP contribution in [-0.4, -0.2) is 66.7 Å². The highest BCUT2D eigenvalue weighted by Gasteiger charge is 2.37. The molecule has 1 atom stereocenters. The van der Waals surface area contributed by atoms with Crippen molar-refractivity contribution in [3.63, 3.8) is 0 Å². The summed E-state index contributed by atoms with van der Waals surface area (Å²) >= 11 is 0. The van der Waals surface area contributed by atoms with Gasteiger partial charge in [0.15, 0.2) is 0 Å². The zero-order valence-electron chi connectivity index (χ0n) is 18.4. The largest absolute Gasteiger partial charge is 0.398 e. The molecule has 1 unspecified atom stereocenters. The molecule has 3 amide bonds. The minimum absolute atomic E-state index is 0.0368. The van der Waals surface area contributed by atoms with Gasteiger partial charge in [-0.3, -0.25) is 4.79 Å². The summed E-state index contributed by atoms with van der Waals surface area (Å²) in [6.45, 7) is 8.80. The summed E-state index contributed by atoms with van der Waals surface area (Å²) in [5.74, 6) is -0.0368. The van der Waals surface area contributed by atoms with E-state index in [2.05, 4.69) is 15.2 Å². The predicted octanol–water partition coefficient (Wildman–Crippen LogP) is 2.49. The first-order valence-corrected chi connectivity index (χ1v) is 10.6. The third kappa shape index (κ3) is 5.08. The van der Waals surface area contributed by atoms with Crippen LogP contribution in [0, 0.1) is 5.41 Å². The Labute approximate surface area is 179 Å². The molecule has 3 rings (SSSR count). The molecule has 1 aromatic rings. The fourth-order valence-electron chi connectivity index (χ4n) is 3.69. The highest BCUT2D eigenvalue weighted by Crippen LogP contribution is 2.24. The molecule has 0 aliphatic carbocycles. The number of carbonyl (C=O) groups excluding carboxylic acids is 2. The Morgan fingerprint density at radius 1 is 1.13 bits per heavy atom. The van der Waals surface area contributed by atoms with E-state index in [1.54, 1.807) is 4.90 Å². The van der Waals surface area contributed by atoms with Crippen molar-refractivity contribution in [3.8, 4) is 0 Å². The van der Waals surface area contributed by atoms with Crippen LogP contribution in [-0.2, 0) is 4.79 Å². The minimum Gasteiger partial charge on any atom is -0.398 e. The van der Waals surface area contributed by atoms with Gasteiger partial charge in [-0.25, -0.2) is 4.79 Å². The first-order valence-electron chi connectivity index (χ1n) is 10.6. The Hall–Kier alpha value is -2.67. The molecule has 2 heterocycles. The maximum absolute atomic E-state index is 12.8. The Morgan fingerprint density at radius 3 is 2.37 bits per heavy atom. The van der Waals surface area contributed by atoms with Crippen molar-refractivity contribution in [2.45, 2.75) is 39.7 Å². The molecule has 2 aliphatic heterocycles. The number of hydrogen-bond acceptors (Lipinski definition) is 4. The fourth-order valence-corrected chi connectivity index (χ4v) is 3.69. The number of nitrogens with one attached hydrogen (secondary N) is 1. The Balaban J connectivity index is 1.85. The summed E-state index contributed by atoms with van der Waals surface area (Å²) in [4.78, 5) is 34.0. The zero-order valence-corrected chi connectivity index (χ0v) is 18.4. The number of likely N-dealkylation sites (N-methyl/N-ethyl adjacent to an activating group) is 1. The highest BCUT2D eigenvalue weighted by atomic mass is 16.2. The van der Waals surface area contributed by atoms with E-state index in [1.807, 2.05) is 58.2 Å². The Morgan fingerprint density at radius 2 is 1.80 bits per heavy atom. The highest BCUT2D eigenvalue weighted by molar-refractivity contribution is 6.11. The van der Waals surface area contributed by atoms with Crippen molar-refractivity contribution in [2.24, 2.45) is 16.1 Å². The van der Waals surface area contributed by atoms with Crippen LogP contribution in [0.2, 0.25) is 0 Å². The number of piperidine rings is 1. The van der Waals surface area contributed by atoms with Crippen molar-refractivity contribution in [1.29, 1.82) is 0 Å². The number of hydrogen-bond donors (Lipinski definition) is 2. The Kier molecular flexibility index (Phi) is 6.61. The molecular formula is C23H33N5O2. The van der Waals surface area contributed by atoms with E-state index in [0.717, 1.165) is 37.2 Å². The van der Waals surface area contributed by atoms with Crippen LogP contribution in [0.4, 0.5) is 4.79 Å². The van der Waals surface area contributed by atoms with Crippen molar-refractivity contribution in [2.75, 3.05) is 33.2 Å². The summed E-state index contributed by atoms with van der Waals surface area (Å²) in [6, 6.07) is 8.63. The lowest BCUT2D eigenvalue weighted by molar-refractivity contribution is -0.139. The van der Waals surface area contributed by atoms with E-state index in [0.29, 0.717) is 24.4 Å². The normalized spacial score (nSPS) is 21.7. The average molecular weight is 412 g/mol. The third-order valence-corrected chi connectivity index (χ3v) is 5.70. The summed E-state index contributed by atoms with van der Waals surface area (Å²) in [5.41, 5.74) is 9.16. The van der Waals surface area contributed by atoms with E-state index < -0.39 is 17.5 Å². The van der Waals surface area contributed by atoms with Gasteiger partial charge in [0, 0.05) is 43.9 Å². The molecule has 2 saturated heterocycles. The van der Waals surface area contributed by atoms with Gasteiger partial charge in [-0.05, 0) is 24.4 Å². The van der Waals surface area contributed by atoms with Crippen molar-refractivity contribution >= 4 is 23.3 Å². The summed E-state index contributed by atoms with van der Waals surface area (Å²) in [7, 11) is 2.02. The lowest BCUT2D eigenvalue weighted by atomic mass is 9.85. The van der Waals surface area contributed by atoms with Crippen LogP contribution < -0.4 is 11.1 Å². The SMILES string of the molecule is CN1CCC(=NC(=O)NC(C(=O)N2CCC2)C(C)(C)C)C(=C(N)c2ccccc2)C1. The van der Waals surface area contributed by atoms with Gasteiger partial charge in [0.2, 0.25) is 5.91 Å². The molecular weight excluding hydrogens is 378 g/mol. The van der Waals surface area contributed by atoms with Crippen molar-refractivity contribution in [1.82, 2.24) is 15.1 Å². The van der Waals surface area contributed by atoms with Gasteiger partial charge in [0.1, 0.15) is 6.04 Å². The quantitative estimate of drug-likeness (QED) is 0.799. The molecule has 2 fully saturated rings. The second-order valence-corrected chi connectivity index (χ2v) is 9.23. The second-order valence-electron chi connectivity index (χ2n) is 9.23. The van der Waals surface area contributed by atoms with Crippen LogP contribution in [0.5, 0.6) is 0 Å². The molecule has 7 heteroatoms. The molecule has 2 aliphatic rings. The first-order chi connectivity index (χ1) is 14.2. The smallest absolute Gasteiger partial charge is 0.341 e. The second kappa shape index (κ2) is 9.00. The molecule has 0 spiro atoms. The minimum atomic E-state index is -0.611. The van der Waals surface area contributed by atoms with E-state index in [-0.39, 0.29) is 5.91 Å². The van der Waals surface area contributed by atoms with Crippen LogP contribution in [0.25, 0.3) is 5.70 Å². The van der Waals surface area contributed by atoms with Gasteiger partial charge in [-0.15, -0.1) is 0 Å². The molecule has 0 bridgehead atoms. The number of benzene rings is 1. The Bertz CT molecular complexity index is 850. The molecule has 3 N–H and O–H groups in total. The molecule has 0 aromatic heterocycles. The summed E-state index contributed by atoms with van der Waals surface area (Å²) < 4.78 is 0. The number of nitrogens with two attached hydrogens (primary N) is 1. The number of urea groups is 1. The topological polar surface area (TPSA) is 91.0 Å². The predicted molar refractivity (Wildman–Crippen MR) is 120 cm³/mol. The van der Waals surface area contributed by atoms with Crippen LogP contribution >= 0.6 is 0 Å². The number of carbonyl (C=O) groups is 2. The van der Waals surface area contributed by atoms with E-state index in [9.17, 15) is 9.59 Å². The van der Waals surface area contributed by atoms with Crippen LogP contribution in [0.1, 0.15) is 39.2 Å². The molecule has 1 aromatic carbocycles. The first kappa shape index (κ1) is 22.0. The number of rotatable bonds is 3. The maximum atomic E-state index is 12.8. The molecule has 0 radical (unpaired) electrons. The summed E-state index contributed by atoms with van der Waals surface area (Å²) in [5, 5.41) is 2.87. The van der Waals surface area contributed by atoms with Gasteiger partial charge in [-0.2, -0.15) is 4.99 Å². The molecule has 30 heavy (non-hydrogen) atoms. The molecule has 7 nitrogen and oxygen atoms in total. The van der Waals surface area contributed by atoms with Gasteiger partial charge in [-0.1, -0.05) is 51.1 Å². The van der Waals surface area contributed by atoms with E-state index in [4.69, 9.17) is 5.73 Å².